The van der Waals surface area contributed by atoms with E-state index in [0.29, 0.717) is 21.8 Å². The molecular formula is C14H7Cl2FN2. The number of allylic oxidation sites excluding steroid dienone is 1. The summed E-state index contributed by atoms with van der Waals surface area (Å²) in [6.45, 7) is 0. The largest absolute Gasteiger partial charge is 0.255 e. The second kappa shape index (κ2) is 5.83. The summed E-state index contributed by atoms with van der Waals surface area (Å²) in [5.41, 5.74) is 1.23. The summed E-state index contributed by atoms with van der Waals surface area (Å²) < 4.78 is 14.0. The smallest absolute Gasteiger partial charge is 0.149 e. The zero-order valence-electron chi connectivity index (χ0n) is 9.57. The second-order valence-corrected chi connectivity index (χ2v) is 4.49. The van der Waals surface area contributed by atoms with Gasteiger partial charge in [-0.1, -0.05) is 35.3 Å². The minimum absolute atomic E-state index is 0.0210. The van der Waals surface area contributed by atoms with Gasteiger partial charge in [0.25, 0.3) is 0 Å². The van der Waals surface area contributed by atoms with Crippen LogP contribution in [0, 0.1) is 17.1 Å². The molecule has 0 radical (unpaired) electrons. The Morgan fingerprint density at radius 3 is 2.79 bits per heavy atom. The fourth-order valence-corrected chi connectivity index (χ4v) is 1.96. The van der Waals surface area contributed by atoms with Crippen molar-refractivity contribution in [2.75, 3.05) is 0 Å². The Bertz CT molecular complexity index is 690. The third-order valence-electron chi connectivity index (χ3n) is 2.44. The molecule has 19 heavy (non-hydrogen) atoms. The van der Waals surface area contributed by atoms with Crippen LogP contribution >= 0.6 is 23.2 Å². The van der Waals surface area contributed by atoms with Crippen molar-refractivity contribution < 1.29 is 4.39 Å². The number of nitriles is 1. The van der Waals surface area contributed by atoms with Gasteiger partial charge in [0.2, 0.25) is 0 Å². The summed E-state index contributed by atoms with van der Waals surface area (Å²) in [4.78, 5) is 4.08. The van der Waals surface area contributed by atoms with Gasteiger partial charge in [0, 0.05) is 23.4 Å². The number of aromatic nitrogens is 1. The molecule has 0 amide bonds. The van der Waals surface area contributed by atoms with Crippen LogP contribution in [0.1, 0.15) is 5.69 Å². The molecule has 2 aromatic rings. The predicted molar refractivity (Wildman–Crippen MR) is 74.3 cm³/mol. The van der Waals surface area contributed by atoms with E-state index in [1.165, 1.54) is 24.4 Å². The molecule has 2 nitrogen and oxygen atoms in total. The normalized spacial score (nSPS) is 10.6. The number of hydrogen-bond donors (Lipinski definition) is 0. The van der Waals surface area contributed by atoms with Gasteiger partial charge in [0.05, 0.1) is 21.8 Å². The van der Waals surface area contributed by atoms with E-state index in [9.17, 15) is 4.39 Å². The molecule has 0 N–H and O–H groups in total. The number of nitrogens with zero attached hydrogens (tertiary/aromatic N) is 2. The molecule has 5 heteroatoms. The van der Waals surface area contributed by atoms with Crippen molar-refractivity contribution in [3.05, 3.63) is 58.1 Å². The first-order valence-electron chi connectivity index (χ1n) is 5.29. The zero-order chi connectivity index (χ0) is 13.8. The molecule has 0 unspecified atom stereocenters. The first kappa shape index (κ1) is 13.5. The predicted octanol–water partition coefficient (Wildman–Crippen LogP) is 4.73. The van der Waals surface area contributed by atoms with Crippen molar-refractivity contribution in [2.45, 2.75) is 0 Å². The lowest BCUT2D eigenvalue weighted by Gasteiger charge is -2.08. The van der Waals surface area contributed by atoms with E-state index in [0.717, 1.165) is 0 Å². The van der Waals surface area contributed by atoms with Gasteiger partial charge in [-0.25, -0.2) is 4.39 Å². The molecule has 94 valence electrons. The van der Waals surface area contributed by atoms with Crippen molar-refractivity contribution >= 4 is 29.3 Å². The fraction of sp³-hybridized carbons (Fsp3) is 0. The van der Waals surface area contributed by atoms with Crippen LogP contribution < -0.4 is 0 Å². The highest BCUT2D eigenvalue weighted by Gasteiger charge is 2.12. The SMILES string of the molecule is N#C/C=C\c1ncc(Cl)cc1-c1cccc(Cl)c1F. The molecule has 0 aliphatic carbocycles. The minimum Gasteiger partial charge on any atom is -0.255 e. The summed E-state index contributed by atoms with van der Waals surface area (Å²) in [5.74, 6) is -0.542. The van der Waals surface area contributed by atoms with E-state index in [1.807, 2.05) is 6.07 Å². The van der Waals surface area contributed by atoms with E-state index in [2.05, 4.69) is 4.98 Å². The number of hydrogen-bond acceptors (Lipinski definition) is 2. The molecule has 0 atom stereocenters. The van der Waals surface area contributed by atoms with Gasteiger partial charge in [0.1, 0.15) is 5.82 Å². The molecule has 0 saturated heterocycles. The van der Waals surface area contributed by atoms with Gasteiger partial charge < -0.3 is 0 Å². The molecule has 0 aliphatic heterocycles. The van der Waals surface area contributed by atoms with E-state index in [-0.39, 0.29) is 5.02 Å². The van der Waals surface area contributed by atoms with E-state index >= 15 is 0 Å². The zero-order valence-corrected chi connectivity index (χ0v) is 11.1. The number of rotatable bonds is 2. The maximum atomic E-state index is 14.0. The van der Waals surface area contributed by atoms with Crippen LogP contribution in [-0.4, -0.2) is 4.98 Å². The average Bonchev–Trinajstić information content (AvgIpc) is 2.40. The van der Waals surface area contributed by atoms with Crippen LogP contribution in [0.2, 0.25) is 10.0 Å². The highest BCUT2D eigenvalue weighted by atomic mass is 35.5. The van der Waals surface area contributed by atoms with Gasteiger partial charge in [-0.2, -0.15) is 5.26 Å². The van der Waals surface area contributed by atoms with Crippen LogP contribution in [0.25, 0.3) is 17.2 Å². The van der Waals surface area contributed by atoms with E-state index < -0.39 is 5.82 Å². The van der Waals surface area contributed by atoms with Crippen molar-refractivity contribution in [1.82, 2.24) is 4.98 Å². The third-order valence-corrected chi connectivity index (χ3v) is 2.94. The van der Waals surface area contributed by atoms with Gasteiger partial charge in [-0.15, -0.1) is 0 Å². The lowest BCUT2D eigenvalue weighted by Crippen LogP contribution is -1.91. The average molecular weight is 293 g/mol. The van der Waals surface area contributed by atoms with Crippen molar-refractivity contribution in [2.24, 2.45) is 0 Å². The van der Waals surface area contributed by atoms with Crippen LogP contribution in [0.4, 0.5) is 4.39 Å². The Hall–Kier alpha value is -1.89. The Balaban J connectivity index is 2.67. The van der Waals surface area contributed by atoms with Crippen molar-refractivity contribution in [3.8, 4) is 17.2 Å². The van der Waals surface area contributed by atoms with Crippen LogP contribution in [0.5, 0.6) is 0 Å². The van der Waals surface area contributed by atoms with Gasteiger partial charge >= 0.3 is 0 Å². The molecule has 0 saturated carbocycles. The number of benzene rings is 1. The molecule has 0 aliphatic rings. The monoisotopic (exact) mass is 292 g/mol. The molecule has 0 bridgehead atoms. The fourth-order valence-electron chi connectivity index (χ4n) is 1.63. The quantitative estimate of drug-likeness (QED) is 0.750. The summed E-state index contributed by atoms with van der Waals surface area (Å²) in [7, 11) is 0. The Labute approximate surface area is 119 Å². The molecule has 0 spiro atoms. The lowest BCUT2D eigenvalue weighted by atomic mass is 10.0. The first-order chi connectivity index (χ1) is 9.13. The first-order valence-corrected chi connectivity index (χ1v) is 6.05. The van der Waals surface area contributed by atoms with Gasteiger partial charge in [0.15, 0.2) is 0 Å². The molecule has 0 fully saturated rings. The topological polar surface area (TPSA) is 36.7 Å². The van der Waals surface area contributed by atoms with Crippen molar-refractivity contribution in [1.29, 1.82) is 5.26 Å². The lowest BCUT2D eigenvalue weighted by molar-refractivity contribution is 0.631. The van der Waals surface area contributed by atoms with Crippen molar-refractivity contribution in [3.63, 3.8) is 0 Å². The Morgan fingerprint density at radius 2 is 2.05 bits per heavy atom. The van der Waals surface area contributed by atoms with E-state index in [4.69, 9.17) is 28.5 Å². The van der Waals surface area contributed by atoms with Crippen LogP contribution in [-0.2, 0) is 0 Å². The standard InChI is InChI=1S/C14H7Cl2FN2/c15-9-7-11(13(19-8-9)5-2-6-18)10-3-1-4-12(16)14(10)17/h1-5,7-8H/b5-2-. The number of pyridine rings is 1. The van der Waals surface area contributed by atoms with E-state index in [1.54, 1.807) is 18.2 Å². The second-order valence-electron chi connectivity index (χ2n) is 3.65. The van der Waals surface area contributed by atoms with Crippen LogP contribution in [0.15, 0.2) is 36.5 Å². The minimum atomic E-state index is -0.542. The highest BCUT2D eigenvalue weighted by molar-refractivity contribution is 6.31. The highest BCUT2D eigenvalue weighted by Crippen LogP contribution is 2.31. The number of halogens is 3. The maximum Gasteiger partial charge on any atom is 0.149 e. The molecule has 1 aromatic heterocycles. The molecule has 2 rings (SSSR count). The molecule has 1 heterocycles. The molecule has 1 aromatic carbocycles. The Kier molecular flexibility index (Phi) is 4.16. The summed E-state index contributed by atoms with van der Waals surface area (Å²) in [6, 6.07) is 8.13. The summed E-state index contributed by atoms with van der Waals surface area (Å²) in [6.07, 6.45) is 4.19. The Morgan fingerprint density at radius 1 is 1.26 bits per heavy atom. The third kappa shape index (κ3) is 2.93. The maximum absolute atomic E-state index is 14.0. The van der Waals surface area contributed by atoms with Gasteiger partial charge in [-0.3, -0.25) is 4.98 Å². The van der Waals surface area contributed by atoms with Gasteiger partial charge in [-0.05, 0) is 18.2 Å². The molecular weight excluding hydrogens is 286 g/mol. The van der Waals surface area contributed by atoms with Crippen LogP contribution in [0.3, 0.4) is 0 Å². The summed E-state index contributed by atoms with van der Waals surface area (Å²) in [5, 5.41) is 8.96. The summed E-state index contributed by atoms with van der Waals surface area (Å²) >= 11 is 11.6.